The van der Waals surface area contributed by atoms with Crippen LogP contribution in [0, 0.1) is 6.92 Å². The Kier molecular flexibility index (Phi) is 5.71. The van der Waals surface area contributed by atoms with Gasteiger partial charge in [-0.25, -0.2) is 0 Å². The molecular weight excluding hydrogens is 308 g/mol. The Balaban J connectivity index is 1.98. The normalized spacial score (nSPS) is 10.3. The number of carbonyl (C=O) groups is 1. The van der Waals surface area contributed by atoms with E-state index < -0.39 is 0 Å². The summed E-state index contributed by atoms with van der Waals surface area (Å²) in [7, 11) is 0. The van der Waals surface area contributed by atoms with E-state index >= 15 is 0 Å². The predicted molar refractivity (Wildman–Crippen MR) is 97.1 cm³/mol. The number of thiocarbonyl (C=S) groups is 1. The van der Waals surface area contributed by atoms with Crippen LogP contribution >= 0.6 is 12.2 Å². The van der Waals surface area contributed by atoms with Crippen LogP contribution in [0.15, 0.2) is 48.5 Å². The van der Waals surface area contributed by atoms with Crippen molar-refractivity contribution in [1.29, 1.82) is 0 Å². The first-order valence-electron chi connectivity index (χ1n) is 7.40. The van der Waals surface area contributed by atoms with Crippen LogP contribution in [0.2, 0.25) is 0 Å². The molecule has 0 aromatic heterocycles. The predicted octanol–water partition coefficient (Wildman–Crippen LogP) is 3.91. The van der Waals surface area contributed by atoms with Gasteiger partial charge in [0, 0.05) is 11.3 Å². The monoisotopic (exact) mass is 328 g/mol. The van der Waals surface area contributed by atoms with E-state index in [9.17, 15) is 4.79 Å². The quantitative estimate of drug-likeness (QED) is 0.836. The van der Waals surface area contributed by atoms with Crippen molar-refractivity contribution in [3.8, 4) is 5.75 Å². The van der Waals surface area contributed by atoms with Crippen LogP contribution in [0.3, 0.4) is 0 Å². The van der Waals surface area contributed by atoms with Crippen molar-refractivity contribution in [2.75, 3.05) is 5.32 Å². The first-order chi connectivity index (χ1) is 10.9. The Morgan fingerprint density at radius 3 is 2.48 bits per heavy atom. The zero-order valence-electron chi connectivity index (χ0n) is 13.4. The maximum Gasteiger partial charge on any atom is 0.257 e. The van der Waals surface area contributed by atoms with Gasteiger partial charge in [-0.05, 0) is 63.3 Å². The van der Waals surface area contributed by atoms with Gasteiger partial charge >= 0.3 is 0 Å². The lowest BCUT2D eigenvalue weighted by molar-refractivity contribution is 0.0977. The van der Waals surface area contributed by atoms with Crippen molar-refractivity contribution in [2.45, 2.75) is 26.9 Å². The molecule has 1 amide bonds. The minimum atomic E-state index is -0.274. The van der Waals surface area contributed by atoms with Gasteiger partial charge in [0.15, 0.2) is 5.11 Å². The molecule has 120 valence electrons. The van der Waals surface area contributed by atoms with Crippen molar-refractivity contribution in [1.82, 2.24) is 5.32 Å². The molecule has 0 fully saturated rings. The van der Waals surface area contributed by atoms with Gasteiger partial charge in [0.05, 0.1) is 6.10 Å². The molecule has 0 aliphatic rings. The molecule has 0 atom stereocenters. The van der Waals surface area contributed by atoms with Gasteiger partial charge in [0.25, 0.3) is 5.91 Å². The lowest BCUT2D eigenvalue weighted by Crippen LogP contribution is -2.34. The average Bonchev–Trinajstić information content (AvgIpc) is 2.49. The number of benzene rings is 2. The second kappa shape index (κ2) is 7.74. The van der Waals surface area contributed by atoms with Gasteiger partial charge < -0.3 is 10.1 Å². The second-order valence-electron chi connectivity index (χ2n) is 5.47. The van der Waals surface area contributed by atoms with Crippen LogP contribution in [-0.2, 0) is 0 Å². The molecule has 0 radical (unpaired) electrons. The number of amides is 1. The van der Waals surface area contributed by atoms with E-state index in [0.29, 0.717) is 11.3 Å². The first-order valence-corrected chi connectivity index (χ1v) is 7.80. The van der Waals surface area contributed by atoms with Crippen molar-refractivity contribution >= 4 is 28.9 Å². The maximum atomic E-state index is 12.2. The lowest BCUT2D eigenvalue weighted by atomic mass is 10.2. The Bertz CT molecular complexity index is 696. The minimum absolute atomic E-state index is 0.0533. The van der Waals surface area contributed by atoms with E-state index in [4.69, 9.17) is 17.0 Å². The molecule has 2 rings (SSSR count). The van der Waals surface area contributed by atoms with E-state index in [2.05, 4.69) is 10.6 Å². The fourth-order valence-electron chi connectivity index (χ4n) is 1.96. The van der Waals surface area contributed by atoms with Crippen LogP contribution in [0.25, 0.3) is 0 Å². The van der Waals surface area contributed by atoms with Crippen LogP contribution in [0.1, 0.15) is 29.8 Å². The van der Waals surface area contributed by atoms with Gasteiger partial charge in [-0.15, -0.1) is 0 Å². The Hall–Kier alpha value is -2.40. The molecule has 0 saturated carbocycles. The summed E-state index contributed by atoms with van der Waals surface area (Å²) in [6.07, 6.45) is 0.0533. The number of hydrogen-bond acceptors (Lipinski definition) is 3. The minimum Gasteiger partial charge on any atom is -0.491 e. The largest absolute Gasteiger partial charge is 0.491 e. The molecule has 23 heavy (non-hydrogen) atoms. The molecule has 2 aromatic carbocycles. The Morgan fingerprint density at radius 2 is 1.83 bits per heavy atom. The molecule has 2 aromatic rings. The smallest absolute Gasteiger partial charge is 0.257 e. The fraction of sp³-hybridized carbons (Fsp3) is 0.222. The summed E-state index contributed by atoms with van der Waals surface area (Å²) in [5, 5.41) is 5.91. The number of nitrogens with one attached hydrogen (secondary N) is 2. The van der Waals surface area contributed by atoms with Gasteiger partial charge in [0.1, 0.15) is 5.75 Å². The van der Waals surface area contributed by atoms with Gasteiger partial charge in [-0.2, -0.15) is 0 Å². The number of carbonyl (C=O) groups excluding carboxylic acids is 1. The van der Waals surface area contributed by atoms with Gasteiger partial charge in [-0.1, -0.05) is 23.8 Å². The summed E-state index contributed by atoms with van der Waals surface area (Å²) >= 11 is 5.17. The van der Waals surface area contributed by atoms with E-state index in [-0.39, 0.29) is 17.1 Å². The maximum absolute atomic E-state index is 12.2. The standard InChI is InChI=1S/C18H20N2O2S/c1-12(2)22-16-6-4-5-14(11-16)17(21)20-18(23)19-15-9-7-13(3)8-10-15/h4-12H,1-3H3,(H2,19,20,21,23). The number of aryl methyl sites for hydroxylation is 1. The zero-order chi connectivity index (χ0) is 16.8. The van der Waals surface area contributed by atoms with E-state index in [0.717, 1.165) is 11.3 Å². The molecule has 0 spiro atoms. The second-order valence-corrected chi connectivity index (χ2v) is 5.88. The molecule has 5 heteroatoms. The molecular formula is C18H20N2O2S. The average molecular weight is 328 g/mol. The summed E-state index contributed by atoms with van der Waals surface area (Å²) in [6, 6.07) is 14.8. The van der Waals surface area contributed by atoms with Crippen molar-refractivity contribution in [2.24, 2.45) is 0 Å². The summed E-state index contributed by atoms with van der Waals surface area (Å²) in [5.41, 5.74) is 2.49. The molecule has 0 heterocycles. The van der Waals surface area contributed by atoms with E-state index in [1.54, 1.807) is 18.2 Å². The molecule has 0 unspecified atom stereocenters. The topological polar surface area (TPSA) is 50.4 Å². The summed E-state index contributed by atoms with van der Waals surface area (Å²) in [5.74, 6) is 0.383. The molecule has 0 bridgehead atoms. The van der Waals surface area contributed by atoms with Crippen LogP contribution < -0.4 is 15.4 Å². The molecule has 0 aliphatic heterocycles. The fourth-order valence-corrected chi connectivity index (χ4v) is 2.17. The summed E-state index contributed by atoms with van der Waals surface area (Å²) in [4.78, 5) is 12.2. The third kappa shape index (κ3) is 5.38. The summed E-state index contributed by atoms with van der Waals surface area (Å²) < 4.78 is 5.59. The van der Waals surface area contributed by atoms with Crippen molar-refractivity contribution in [3.63, 3.8) is 0 Å². The van der Waals surface area contributed by atoms with Crippen molar-refractivity contribution < 1.29 is 9.53 Å². The third-order valence-corrected chi connectivity index (χ3v) is 3.21. The van der Waals surface area contributed by atoms with E-state index in [1.165, 1.54) is 0 Å². The SMILES string of the molecule is Cc1ccc(NC(=S)NC(=O)c2cccc(OC(C)C)c2)cc1. The Morgan fingerprint density at radius 1 is 1.13 bits per heavy atom. The van der Waals surface area contributed by atoms with Crippen LogP contribution in [0.5, 0.6) is 5.75 Å². The van der Waals surface area contributed by atoms with Gasteiger partial charge in [0.2, 0.25) is 0 Å². The first kappa shape index (κ1) is 17.0. The molecule has 0 aliphatic carbocycles. The number of rotatable bonds is 4. The van der Waals surface area contributed by atoms with Crippen LogP contribution in [-0.4, -0.2) is 17.1 Å². The van der Waals surface area contributed by atoms with Gasteiger partial charge in [-0.3, -0.25) is 10.1 Å². The summed E-state index contributed by atoms with van der Waals surface area (Å²) in [6.45, 7) is 5.89. The number of ether oxygens (including phenoxy) is 1. The number of hydrogen-bond donors (Lipinski definition) is 2. The molecule has 0 saturated heterocycles. The van der Waals surface area contributed by atoms with Crippen LogP contribution in [0.4, 0.5) is 5.69 Å². The van der Waals surface area contributed by atoms with E-state index in [1.807, 2.05) is 51.1 Å². The third-order valence-electron chi connectivity index (χ3n) is 3.00. The Labute approximate surface area is 141 Å². The number of anilines is 1. The highest BCUT2D eigenvalue weighted by molar-refractivity contribution is 7.80. The lowest BCUT2D eigenvalue weighted by Gasteiger charge is -2.12. The zero-order valence-corrected chi connectivity index (χ0v) is 14.2. The highest BCUT2D eigenvalue weighted by Gasteiger charge is 2.09. The van der Waals surface area contributed by atoms with Crippen molar-refractivity contribution in [3.05, 3.63) is 59.7 Å². The molecule has 2 N–H and O–H groups in total. The highest BCUT2D eigenvalue weighted by Crippen LogP contribution is 2.15. The molecule has 4 nitrogen and oxygen atoms in total. The highest BCUT2D eigenvalue weighted by atomic mass is 32.1.